The number of nitrogens with two attached hydrogens (primary N) is 1. The molecule has 0 aliphatic heterocycles. The van der Waals surface area contributed by atoms with Crippen molar-refractivity contribution in [3.05, 3.63) is 42.7 Å². The Balaban J connectivity index is 2.31. The summed E-state index contributed by atoms with van der Waals surface area (Å²) in [5, 5.41) is 1.08. The van der Waals surface area contributed by atoms with E-state index in [1.807, 2.05) is 30.3 Å². The number of benzene rings is 1. The summed E-state index contributed by atoms with van der Waals surface area (Å²) in [4.78, 5) is 11.4. The minimum absolute atomic E-state index is 0.427. The quantitative estimate of drug-likeness (QED) is 0.647. The normalized spacial score (nSPS) is 10.8. The number of hydrogen-bond donors (Lipinski definition) is 2. The van der Waals surface area contributed by atoms with E-state index in [1.165, 1.54) is 0 Å². The van der Waals surface area contributed by atoms with Crippen molar-refractivity contribution in [1.82, 2.24) is 15.0 Å². The number of H-pyrrole nitrogens is 1. The summed E-state index contributed by atoms with van der Waals surface area (Å²) in [6.45, 7) is 0. The predicted molar refractivity (Wildman–Crippen MR) is 63.7 cm³/mol. The summed E-state index contributed by atoms with van der Waals surface area (Å²) in [6.07, 6.45) is 3.58. The largest absolute Gasteiger partial charge is 0.369 e. The number of hydrogen-bond acceptors (Lipinski definition) is 3. The highest BCUT2D eigenvalue weighted by atomic mass is 15.0. The number of fused-ring (bicyclic) bond motifs is 1. The smallest absolute Gasteiger partial charge is 0.198 e. The predicted octanol–water partition coefficient (Wildman–Crippen LogP) is 2.21. The zero-order chi connectivity index (χ0) is 11.0. The van der Waals surface area contributed by atoms with E-state index in [0.29, 0.717) is 5.95 Å². The molecule has 3 N–H and O–H groups in total. The number of aromatic amines is 1. The van der Waals surface area contributed by atoms with Crippen molar-refractivity contribution in [2.75, 3.05) is 5.73 Å². The van der Waals surface area contributed by atoms with Crippen LogP contribution in [0.1, 0.15) is 0 Å². The van der Waals surface area contributed by atoms with Gasteiger partial charge in [-0.2, -0.15) is 0 Å². The van der Waals surface area contributed by atoms with Gasteiger partial charge in [-0.1, -0.05) is 18.2 Å². The molecular weight excluding hydrogens is 200 g/mol. The first kappa shape index (κ1) is 8.91. The molecule has 3 rings (SSSR count). The van der Waals surface area contributed by atoms with E-state index in [9.17, 15) is 0 Å². The third-order valence-corrected chi connectivity index (χ3v) is 2.52. The van der Waals surface area contributed by atoms with Gasteiger partial charge in [-0.15, -0.1) is 0 Å². The van der Waals surface area contributed by atoms with E-state index >= 15 is 0 Å². The SMILES string of the molecule is Nc1nc(-c2ccnc3ccccc23)c[nH]1. The molecule has 0 aliphatic carbocycles. The van der Waals surface area contributed by atoms with E-state index in [4.69, 9.17) is 5.73 Å². The van der Waals surface area contributed by atoms with Gasteiger partial charge < -0.3 is 10.7 Å². The summed E-state index contributed by atoms with van der Waals surface area (Å²) in [5.41, 5.74) is 8.42. The summed E-state index contributed by atoms with van der Waals surface area (Å²) in [6, 6.07) is 9.91. The van der Waals surface area contributed by atoms with Gasteiger partial charge in [0.15, 0.2) is 5.95 Å². The zero-order valence-corrected chi connectivity index (χ0v) is 8.51. The molecule has 0 amide bonds. The molecule has 3 aromatic rings. The number of para-hydroxylation sites is 1. The average molecular weight is 210 g/mol. The lowest BCUT2D eigenvalue weighted by molar-refractivity contribution is 1.32. The summed E-state index contributed by atoms with van der Waals surface area (Å²) in [7, 11) is 0. The molecule has 0 bridgehead atoms. The van der Waals surface area contributed by atoms with Crippen LogP contribution in [0.25, 0.3) is 22.2 Å². The summed E-state index contributed by atoms with van der Waals surface area (Å²) >= 11 is 0. The summed E-state index contributed by atoms with van der Waals surface area (Å²) in [5.74, 6) is 0.427. The van der Waals surface area contributed by atoms with E-state index in [2.05, 4.69) is 15.0 Å². The van der Waals surface area contributed by atoms with Crippen LogP contribution in [-0.2, 0) is 0 Å². The fourth-order valence-electron chi connectivity index (χ4n) is 1.79. The molecule has 78 valence electrons. The van der Waals surface area contributed by atoms with Gasteiger partial charge in [0.05, 0.1) is 11.2 Å². The van der Waals surface area contributed by atoms with Crippen LogP contribution in [-0.4, -0.2) is 15.0 Å². The number of nitrogen functional groups attached to an aromatic ring is 1. The first-order chi connectivity index (χ1) is 7.84. The monoisotopic (exact) mass is 210 g/mol. The van der Waals surface area contributed by atoms with Crippen molar-refractivity contribution in [3.8, 4) is 11.3 Å². The molecule has 0 radical (unpaired) electrons. The highest BCUT2D eigenvalue weighted by molar-refractivity contribution is 5.93. The van der Waals surface area contributed by atoms with Crippen LogP contribution in [0, 0.1) is 0 Å². The maximum Gasteiger partial charge on any atom is 0.198 e. The molecule has 2 aromatic heterocycles. The molecule has 0 fully saturated rings. The molecule has 0 aliphatic rings. The van der Waals surface area contributed by atoms with Crippen LogP contribution in [0.15, 0.2) is 42.7 Å². The van der Waals surface area contributed by atoms with Gasteiger partial charge in [-0.3, -0.25) is 4.98 Å². The van der Waals surface area contributed by atoms with Crippen LogP contribution in [0.3, 0.4) is 0 Å². The number of rotatable bonds is 1. The number of anilines is 1. The van der Waals surface area contributed by atoms with E-state index in [0.717, 1.165) is 22.2 Å². The van der Waals surface area contributed by atoms with Crippen LogP contribution in [0.2, 0.25) is 0 Å². The molecule has 1 aromatic carbocycles. The van der Waals surface area contributed by atoms with Crippen LogP contribution in [0.5, 0.6) is 0 Å². The fourth-order valence-corrected chi connectivity index (χ4v) is 1.79. The lowest BCUT2D eigenvalue weighted by atomic mass is 10.1. The summed E-state index contributed by atoms with van der Waals surface area (Å²) < 4.78 is 0. The molecular formula is C12H10N4. The van der Waals surface area contributed by atoms with Crippen molar-refractivity contribution in [2.24, 2.45) is 0 Å². The maximum atomic E-state index is 5.58. The second kappa shape index (κ2) is 3.34. The zero-order valence-electron chi connectivity index (χ0n) is 8.51. The van der Waals surface area contributed by atoms with Crippen LogP contribution < -0.4 is 5.73 Å². The third kappa shape index (κ3) is 1.32. The molecule has 4 nitrogen and oxygen atoms in total. The number of nitrogens with one attached hydrogen (secondary N) is 1. The Bertz CT molecular complexity index is 637. The minimum Gasteiger partial charge on any atom is -0.369 e. The molecule has 16 heavy (non-hydrogen) atoms. The van der Waals surface area contributed by atoms with Gasteiger partial charge in [0.25, 0.3) is 0 Å². The first-order valence-electron chi connectivity index (χ1n) is 4.99. The Labute approximate surface area is 92.2 Å². The van der Waals surface area contributed by atoms with Gasteiger partial charge in [0.1, 0.15) is 0 Å². The van der Waals surface area contributed by atoms with E-state index in [-0.39, 0.29) is 0 Å². The van der Waals surface area contributed by atoms with Crippen LogP contribution >= 0.6 is 0 Å². The third-order valence-electron chi connectivity index (χ3n) is 2.52. The van der Waals surface area contributed by atoms with Gasteiger partial charge in [-0.25, -0.2) is 4.98 Å². The van der Waals surface area contributed by atoms with E-state index < -0.39 is 0 Å². The van der Waals surface area contributed by atoms with Gasteiger partial charge in [-0.05, 0) is 12.1 Å². The van der Waals surface area contributed by atoms with Crippen molar-refractivity contribution in [1.29, 1.82) is 0 Å². The van der Waals surface area contributed by atoms with Crippen molar-refractivity contribution < 1.29 is 0 Å². The average Bonchev–Trinajstić information content (AvgIpc) is 2.75. The lowest BCUT2D eigenvalue weighted by Gasteiger charge is -2.01. The Morgan fingerprint density at radius 3 is 2.81 bits per heavy atom. The first-order valence-corrected chi connectivity index (χ1v) is 4.99. The lowest BCUT2D eigenvalue weighted by Crippen LogP contribution is -1.87. The minimum atomic E-state index is 0.427. The Morgan fingerprint density at radius 1 is 1.12 bits per heavy atom. The highest BCUT2D eigenvalue weighted by Crippen LogP contribution is 2.25. The molecule has 0 spiro atoms. The molecule has 0 atom stereocenters. The fraction of sp³-hybridized carbons (Fsp3) is 0. The maximum absolute atomic E-state index is 5.58. The molecule has 0 saturated carbocycles. The number of aromatic nitrogens is 3. The van der Waals surface area contributed by atoms with Gasteiger partial charge in [0, 0.05) is 23.3 Å². The van der Waals surface area contributed by atoms with Crippen molar-refractivity contribution >= 4 is 16.9 Å². The second-order valence-electron chi connectivity index (χ2n) is 3.55. The van der Waals surface area contributed by atoms with Crippen molar-refractivity contribution in [3.63, 3.8) is 0 Å². The highest BCUT2D eigenvalue weighted by Gasteiger charge is 2.06. The molecule has 0 unspecified atom stereocenters. The number of imidazole rings is 1. The Morgan fingerprint density at radius 2 is 2.00 bits per heavy atom. The van der Waals surface area contributed by atoms with Gasteiger partial charge in [0.2, 0.25) is 0 Å². The standard InChI is InChI=1S/C12H10N4/c13-12-15-7-11(16-12)9-5-6-14-10-4-2-1-3-8(9)10/h1-7H,(H3,13,15,16). The topological polar surface area (TPSA) is 67.6 Å². The molecule has 4 heteroatoms. The van der Waals surface area contributed by atoms with E-state index in [1.54, 1.807) is 12.4 Å². The van der Waals surface area contributed by atoms with Gasteiger partial charge >= 0.3 is 0 Å². The second-order valence-corrected chi connectivity index (χ2v) is 3.55. The van der Waals surface area contributed by atoms with Crippen molar-refractivity contribution in [2.45, 2.75) is 0 Å². The molecule has 2 heterocycles. The number of pyridine rings is 1. The Kier molecular flexibility index (Phi) is 1.86. The van der Waals surface area contributed by atoms with Crippen LogP contribution in [0.4, 0.5) is 5.95 Å². The Hall–Kier alpha value is -2.36. The molecule has 0 saturated heterocycles. The number of nitrogens with zero attached hydrogens (tertiary/aromatic N) is 2.